The molecule has 27 heavy (non-hydrogen) atoms. The van der Waals surface area contributed by atoms with E-state index in [9.17, 15) is 19.7 Å². The van der Waals surface area contributed by atoms with Gasteiger partial charge in [-0.05, 0) is 30.7 Å². The number of nitrogens with one attached hydrogen (secondary N) is 1. The number of amides is 1. The Balaban J connectivity index is 1.57. The number of nitro groups is 1. The largest absolute Gasteiger partial charge is 0.352 e. The SMILES string of the molecule is Cc1cc(=O)n2c(CCNC(=O)C=Cc3ccc([N+](=O)[O-])cc3)csc2n1. The molecule has 0 aliphatic carbocycles. The minimum atomic E-state index is -0.476. The molecule has 138 valence electrons. The van der Waals surface area contributed by atoms with E-state index in [1.807, 2.05) is 5.38 Å². The lowest BCUT2D eigenvalue weighted by molar-refractivity contribution is -0.384. The Bertz CT molecular complexity index is 1080. The fourth-order valence-corrected chi connectivity index (χ4v) is 3.48. The van der Waals surface area contributed by atoms with E-state index >= 15 is 0 Å². The van der Waals surface area contributed by atoms with Crippen LogP contribution in [-0.4, -0.2) is 26.8 Å². The topological polar surface area (TPSA) is 107 Å². The van der Waals surface area contributed by atoms with Crippen LogP contribution in [0.2, 0.25) is 0 Å². The fraction of sp³-hybridized carbons (Fsp3) is 0.167. The third-order valence-electron chi connectivity index (χ3n) is 3.82. The number of thiazole rings is 1. The molecule has 0 aliphatic rings. The van der Waals surface area contributed by atoms with Gasteiger partial charge in [0, 0.05) is 54.0 Å². The van der Waals surface area contributed by atoms with Crippen LogP contribution in [0.3, 0.4) is 0 Å². The van der Waals surface area contributed by atoms with Gasteiger partial charge in [-0.1, -0.05) is 0 Å². The average Bonchev–Trinajstić information content (AvgIpc) is 3.03. The molecule has 0 saturated carbocycles. The van der Waals surface area contributed by atoms with Gasteiger partial charge < -0.3 is 5.32 Å². The minimum absolute atomic E-state index is 0.000447. The van der Waals surface area contributed by atoms with Crippen molar-refractivity contribution in [3.05, 3.63) is 79.2 Å². The molecule has 0 spiro atoms. The smallest absolute Gasteiger partial charge is 0.269 e. The minimum Gasteiger partial charge on any atom is -0.352 e. The highest BCUT2D eigenvalue weighted by molar-refractivity contribution is 7.15. The number of carbonyl (C=O) groups excluding carboxylic acids is 1. The average molecular weight is 384 g/mol. The van der Waals surface area contributed by atoms with E-state index in [0.29, 0.717) is 29.2 Å². The predicted octanol–water partition coefficient (Wildman–Crippen LogP) is 2.34. The molecular formula is C18H16N4O4S. The number of aromatic nitrogens is 2. The summed E-state index contributed by atoms with van der Waals surface area (Å²) >= 11 is 1.39. The third kappa shape index (κ3) is 4.45. The van der Waals surface area contributed by atoms with Gasteiger partial charge in [0.05, 0.1) is 4.92 Å². The highest BCUT2D eigenvalue weighted by Crippen LogP contribution is 2.14. The second kappa shape index (κ2) is 7.92. The lowest BCUT2D eigenvalue weighted by Gasteiger charge is -2.03. The maximum absolute atomic E-state index is 12.1. The fourth-order valence-electron chi connectivity index (χ4n) is 2.51. The summed E-state index contributed by atoms with van der Waals surface area (Å²) in [5.74, 6) is -0.283. The van der Waals surface area contributed by atoms with Crippen LogP contribution in [0, 0.1) is 17.0 Å². The molecule has 0 atom stereocenters. The predicted molar refractivity (Wildman–Crippen MR) is 103 cm³/mol. The number of hydrogen-bond acceptors (Lipinski definition) is 6. The van der Waals surface area contributed by atoms with Gasteiger partial charge in [0.25, 0.3) is 11.2 Å². The van der Waals surface area contributed by atoms with Gasteiger partial charge in [-0.25, -0.2) is 4.98 Å². The van der Waals surface area contributed by atoms with Gasteiger partial charge in [0.2, 0.25) is 5.91 Å². The molecule has 9 heteroatoms. The van der Waals surface area contributed by atoms with Gasteiger partial charge in [0.1, 0.15) is 0 Å². The first kappa shape index (κ1) is 18.5. The van der Waals surface area contributed by atoms with Gasteiger partial charge in [0.15, 0.2) is 4.96 Å². The Morgan fingerprint density at radius 2 is 2.11 bits per heavy atom. The van der Waals surface area contributed by atoms with E-state index in [1.165, 1.54) is 35.6 Å². The molecule has 1 aromatic carbocycles. The van der Waals surface area contributed by atoms with Crippen LogP contribution in [0.15, 0.2) is 46.6 Å². The van der Waals surface area contributed by atoms with Crippen molar-refractivity contribution >= 4 is 34.0 Å². The number of non-ortho nitro benzene ring substituents is 1. The number of benzene rings is 1. The van der Waals surface area contributed by atoms with E-state index in [4.69, 9.17) is 0 Å². The van der Waals surface area contributed by atoms with Crippen LogP contribution in [0.25, 0.3) is 11.0 Å². The van der Waals surface area contributed by atoms with E-state index in [2.05, 4.69) is 10.3 Å². The van der Waals surface area contributed by atoms with E-state index in [1.54, 1.807) is 29.5 Å². The summed E-state index contributed by atoms with van der Waals surface area (Å²) in [5, 5.41) is 15.2. The molecule has 0 aliphatic heterocycles. The van der Waals surface area contributed by atoms with Crippen molar-refractivity contribution in [1.82, 2.24) is 14.7 Å². The zero-order valence-electron chi connectivity index (χ0n) is 14.4. The quantitative estimate of drug-likeness (QED) is 0.399. The Morgan fingerprint density at radius 3 is 2.81 bits per heavy atom. The van der Waals surface area contributed by atoms with E-state index in [0.717, 1.165) is 5.69 Å². The molecule has 2 aromatic heterocycles. The number of hydrogen-bond donors (Lipinski definition) is 1. The van der Waals surface area contributed by atoms with Gasteiger partial charge in [-0.2, -0.15) is 0 Å². The first-order valence-corrected chi connectivity index (χ1v) is 8.99. The monoisotopic (exact) mass is 384 g/mol. The van der Waals surface area contributed by atoms with E-state index in [-0.39, 0.29) is 17.2 Å². The Morgan fingerprint density at radius 1 is 1.37 bits per heavy atom. The molecular weight excluding hydrogens is 368 g/mol. The number of nitro benzene ring substituents is 1. The molecule has 3 aromatic rings. The first-order valence-electron chi connectivity index (χ1n) is 8.11. The number of aryl methyl sites for hydroxylation is 1. The third-order valence-corrected chi connectivity index (χ3v) is 4.69. The first-order chi connectivity index (χ1) is 12.9. The highest BCUT2D eigenvalue weighted by atomic mass is 32.1. The standard InChI is InChI=1S/C18H16N4O4S/c1-12-10-17(24)21-15(11-27-18(21)20-12)8-9-19-16(23)7-4-13-2-5-14(6-3-13)22(25)26/h2-7,10-11H,8-9H2,1H3,(H,19,23). The second-order valence-electron chi connectivity index (χ2n) is 5.80. The van der Waals surface area contributed by atoms with Crippen molar-refractivity contribution in [2.24, 2.45) is 0 Å². The molecule has 0 radical (unpaired) electrons. The number of carbonyl (C=O) groups is 1. The molecule has 0 saturated heterocycles. The molecule has 0 bridgehead atoms. The summed E-state index contributed by atoms with van der Waals surface area (Å²) in [7, 11) is 0. The normalized spacial score (nSPS) is 11.1. The lowest BCUT2D eigenvalue weighted by atomic mass is 10.2. The van der Waals surface area contributed by atoms with Crippen molar-refractivity contribution in [3.8, 4) is 0 Å². The molecule has 1 amide bonds. The zero-order valence-corrected chi connectivity index (χ0v) is 15.2. The summed E-state index contributed by atoms with van der Waals surface area (Å²) in [4.78, 5) is 39.1. The van der Waals surface area contributed by atoms with Crippen LogP contribution in [0.4, 0.5) is 5.69 Å². The van der Waals surface area contributed by atoms with Gasteiger partial charge in [-0.3, -0.25) is 24.1 Å². The molecule has 1 N–H and O–H groups in total. The van der Waals surface area contributed by atoms with Gasteiger partial charge in [-0.15, -0.1) is 11.3 Å². The highest BCUT2D eigenvalue weighted by Gasteiger charge is 2.08. The van der Waals surface area contributed by atoms with Crippen LogP contribution in [-0.2, 0) is 11.2 Å². The van der Waals surface area contributed by atoms with Crippen LogP contribution >= 0.6 is 11.3 Å². The molecule has 3 rings (SSSR count). The Hall–Kier alpha value is -3.33. The molecule has 0 fully saturated rings. The van der Waals surface area contributed by atoms with Crippen molar-refractivity contribution in [2.75, 3.05) is 6.54 Å². The molecule has 8 nitrogen and oxygen atoms in total. The van der Waals surface area contributed by atoms with Crippen molar-refractivity contribution in [3.63, 3.8) is 0 Å². The Labute approximate surface area is 158 Å². The van der Waals surface area contributed by atoms with Crippen LogP contribution in [0.1, 0.15) is 17.0 Å². The van der Waals surface area contributed by atoms with Crippen LogP contribution in [0.5, 0.6) is 0 Å². The lowest BCUT2D eigenvalue weighted by Crippen LogP contribution is -2.25. The summed E-state index contributed by atoms with van der Waals surface area (Å²) in [6.45, 7) is 2.15. The maximum atomic E-state index is 12.1. The maximum Gasteiger partial charge on any atom is 0.269 e. The van der Waals surface area contributed by atoms with E-state index < -0.39 is 4.92 Å². The zero-order chi connectivity index (χ0) is 19.4. The molecule has 0 unspecified atom stereocenters. The number of rotatable bonds is 6. The summed E-state index contributed by atoms with van der Waals surface area (Å²) in [6, 6.07) is 7.38. The second-order valence-corrected chi connectivity index (χ2v) is 6.64. The summed E-state index contributed by atoms with van der Waals surface area (Å²) in [6.07, 6.45) is 3.45. The van der Waals surface area contributed by atoms with Crippen molar-refractivity contribution < 1.29 is 9.72 Å². The summed E-state index contributed by atoms with van der Waals surface area (Å²) in [5.41, 5.74) is 2.04. The number of nitrogens with zero attached hydrogens (tertiary/aromatic N) is 3. The number of fused-ring (bicyclic) bond motifs is 1. The van der Waals surface area contributed by atoms with Crippen molar-refractivity contribution in [1.29, 1.82) is 0 Å². The van der Waals surface area contributed by atoms with Crippen LogP contribution < -0.4 is 10.9 Å². The van der Waals surface area contributed by atoms with Crippen molar-refractivity contribution in [2.45, 2.75) is 13.3 Å². The molecule has 2 heterocycles. The van der Waals surface area contributed by atoms with Gasteiger partial charge >= 0.3 is 0 Å². The summed E-state index contributed by atoms with van der Waals surface area (Å²) < 4.78 is 1.55. The Kier molecular flexibility index (Phi) is 5.41.